The average Bonchev–Trinajstić information content (AvgIpc) is 2.72. The molecule has 0 unspecified atom stereocenters. The minimum atomic E-state index is -0.839. The van der Waals surface area contributed by atoms with E-state index in [1.807, 2.05) is 45.0 Å². The van der Waals surface area contributed by atoms with Gasteiger partial charge in [-0.1, -0.05) is 23.7 Å². The second-order valence-electron chi connectivity index (χ2n) is 6.68. The maximum Gasteiger partial charge on any atom is 0.329 e. The molecule has 7 nitrogen and oxygen atoms in total. The van der Waals surface area contributed by atoms with Crippen LogP contribution in [0.2, 0.25) is 5.02 Å². The van der Waals surface area contributed by atoms with E-state index in [9.17, 15) is 9.59 Å². The monoisotopic (exact) mass is 430 g/mol. The Balaban J connectivity index is 1.99. The first-order valence-electron chi connectivity index (χ1n) is 9.73. The van der Waals surface area contributed by atoms with Gasteiger partial charge in [-0.05, 0) is 62.6 Å². The van der Waals surface area contributed by atoms with Gasteiger partial charge in [-0.2, -0.15) is 5.10 Å². The number of rotatable bonds is 9. The minimum absolute atomic E-state index is 0.355. The molecule has 0 saturated heterocycles. The average molecular weight is 431 g/mol. The Morgan fingerprint density at radius 1 is 1.10 bits per heavy atom. The van der Waals surface area contributed by atoms with Crippen molar-refractivity contribution >= 4 is 41.0 Å². The molecule has 2 aromatic carbocycles. The Hall–Kier alpha value is -2.90. The number of hydrazone groups is 1. The number of nitrogens with zero attached hydrogens (tertiary/aromatic N) is 1. The number of carbonyl (C=O) groups excluding carboxylic acids is 2. The van der Waals surface area contributed by atoms with Crippen molar-refractivity contribution in [1.82, 2.24) is 10.7 Å². The van der Waals surface area contributed by atoms with E-state index in [1.54, 1.807) is 12.1 Å². The van der Waals surface area contributed by atoms with Crippen LogP contribution in [0.5, 0.6) is 0 Å². The number of hydrogen-bond acceptors (Lipinski definition) is 5. The second kappa shape index (κ2) is 11.9. The molecule has 160 valence electrons. The normalized spacial score (nSPS) is 10.8. The Morgan fingerprint density at radius 3 is 2.67 bits per heavy atom. The number of aryl methyl sites for hydroxylation is 2. The summed E-state index contributed by atoms with van der Waals surface area (Å²) in [5, 5.41) is 10.3. The van der Waals surface area contributed by atoms with Crippen LogP contribution in [-0.4, -0.2) is 37.8 Å². The highest BCUT2D eigenvalue weighted by molar-refractivity contribution is 6.35. The highest BCUT2D eigenvalue weighted by Gasteiger charge is 2.11. The fraction of sp³-hybridized carbons (Fsp3) is 0.318. The van der Waals surface area contributed by atoms with Gasteiger partial charge < -0.3 is 15.4 Å². The van der Waals surface area contributed by atoms with Gasteiger partial charge in [-0.3, -0.25) is 9.59 Å². The summed E-state index contributed by atoms with van der Waals surface area (Å²) in [6.07, 6.45) is 2.08. The lowest BCUT2D eigenvalue weighted by atomic mass is 10.1. The summed E-state index contributed by atoms with van der Waals surface area (Å²) in [6.45, 7) is 7.43. The zero-order chi connectivity index (χ0) is 21.9. The molecular formula is C22H27ClN4O3. The maximum atomic E-state index is 11.9. The summed E-state index contributed by atoms with van der Waals surface area (Å²) in [6, 6.07) is 11.4. The smallest absolute Gasteiger partial charge is 0.329 e. The molecule has 0 spiro atoms. The first kappa shape index (κ1) is 23.4. The van der Waals surface area contributed by atoms with Crippen LogP contribution in [0.1, 0.15) is 30.0 Å². The van der Waals surface area contributed by atoms with Gasteiger partial charge in [0.15, 0.2) is 0 Å². The highest BCUT2D eigenvalue weighted by Crippen LogP contribution is 2.26. The summed E-state index contributed by atoms with van der Waals surface area (Å²) < 4.78 is 5.17. The molecule has 3 N–H and O–H groups in total. The lowest BCUT2D eigenvalue weighted by Crippen LogP contribution is -2.38. The predicted molar refractivity (Wildman–Crippen MR) is 121 cm³/mol. The fourth-order valence-corrected chi connectivity index (χ4v) is 2.76. The third kappa shape index (κ3) is 7.50. The molecule has 2 aromatic rings. The largest absolute Gasteiger partial charge is 0.382 e. The number of amides is 2. The van der Waals surface area contributed by atoms with Crippen molar-refractivity contribution < 1.29 is 14.3 Å². The molecule has 0 aliphatic heterocycles. The molecule has 30 heavy (non-hydrogen) atoms. The molecule has 8 heteroatoms. The summed E-state index contributed by atoms with van der Waals surface area (Å²) in [4.78, 5) is 23.6. The molecule has 0 fully saturated rings. The van der Waals surface area contributed by atoms with Gasteiger partial charge in [0.1, 0.15) is 0 Å². The molecule has 0 saturated carbocycles. The zero-order valence-electron chi connectivity index (χ0n) is 17.4. The van der Waals surface area contributed by atoms with Crippen LogP contribution < -0.4 is 16.1 Å². The van der Waals surface area contributed by atoms with Crippen LogP contribution in [0.3, 0.4) is 0 Å². The van der Waals surface area contributed by atoms with Crippen LogP contribution in [-0.2, 0) is 14.3 Å². The number of benzene rings is 2. The van der Waals surface area contributed by atoms with Crippen molar-refractivity contribution in [2.45, 2.75) is 27.2 Å². The third-order valence-corrected chi connectivity index (χ3v) is 4.44. The van der Waals surface area contributed by atoms with Crippen molar-refractivity contribution in [3.8, 4) is 0 Å². The topological polar surface area (TPSA) is 91.8 Å². The van der Waals surface area contributed by atoms with E-state index >= 15 is 0 Å². The number of ether oxygens (including phenoxy) is 1. The fourth-order valence-electron chi connectivity index (χ4n) is 2.58. The van der Waals surface area contributed by atoms with E-state index in [0.717, 1.165) is 22.5 Å². The van der Waals surface area contributed by atoms with E-state index in [4.69, 9.17) is 16.3 Å². The number of carbonyl (C=O) groups is 2. The minimum Gasteiger partial charge on any atom is -0.382 e. The lowest BCUT2D eigenvalue weighted by Gasteiger charge is -2.13. The first-order chi connectivity index (χ1) is 14.4. The van der Waals surface area contributed by atoms with Gasteiger partial charge in [-0.25, -0.2) is 5.43 Å². The summed E-state index contributed by atoms with van der Waals surface area (Å²) in [5.41, 5.74) is 6.85. The van der Waals surface area contributed by atoms with Gasteiger partial charge in [0.2, 0.25) is 0 Å². The zero-order valence-corrected chi connectivity index (χ0v) is 18.2. The molecule has 0 aliphatic rings. The third-order valence-electron chi connectivity index (χ3n) is 4.21. The SMILES string of the molecule is CCOCCCNC(=O)C(=O)N/N=C\c1cc(Cl)ccc1Nc1cc(C)ccc1C. The van der Waals surface area contributed by atoms with E-state index in [-0.39, 0.29) is 0 Å². The van der Waals surface area contributed by atoms with Gasteiger partial charge in [0.05, 0.1) is 6.21 Å². The highest BCUT2D eigenvalue weighted by atomic mass is 35.5. The van der Waals surface area contributed by atoms with E-state index in [2.05, 4.69) is 21.2 Å². The van der Waals surface area contributed by atoms with Crippen molar-refractivity contribution in [3.05, 3.63) is 58.1 Å². The number of halogens is 1. The number of nitrogens with one attached hydrogen (secondary N) is 3. The van der Waals surface area contributed by atoms with E-state index in [1.165, 1.54) is 6.21 Å². The Morgan fingerprint density at radius 2 is 1.90 bits per heavy atom. The number of hydrogen-bond donors (Lipinski definition) is 3. The van der Waals surface area contributed by atoms with Crippen LogP contribution in [0, 0.1) is 13.8 Å². The maximum absolute atomic E-state index is 11.9. The van der Waals surface area contributed by atoms with Gasteiger partial charge in [0, 0.05) is 41.7 Å². The quantitative estimate of drug-likeness (QED) is 0.245. The molecule has 0 heterocycles. The van der Waals surface area contributed by atoms with Crippen molar-refractivity contribution in [1.29, 1.82) is 0 Å². The summed E-state index contributed by atoms with van der Waals surface area (Å²) in [7, 11) is 0. The molecule has 0 radical (unpaired) electrons. The van der Waals surface area contributed by atoms with Gasteiger partial charge >= 0.3 is 11.8 Å². The molecule has 0 aliphatic carbocycles. The van der Waals surface area contributed by atoms with Crippen LogP contribution >= 0.6 is 11.6 Å². The van der Waals surface area contributed by atoms with Crippen molar-refractivity contribution in [2.75, 3.05) is 25.1 Å². The second-order valence-corrected chi connectivity index (χ2v) is 7.12. The summed E-state index contributed by atoms with van der Waals surface area (Å²) in [5.74, 6) is -1.59. The lowest BCUT2D eigenvalue weighted by molar-refractivity contribution is -0.139. The predicted octanol–water partition coefficient (Wildman–Crippen LogP) is 3.69. The van der Waals surface area contributed by atoms with Gasteiger partial charge in [0.25, 0.3) is 0 Å². The standard InChI is InChI=1S/C22H27ClN4O3/c1-4-30-11-5-10-24-21(28)22(29)27-25-14-17-13-18(23)8-9-19(17)26-20-12-15(2)6-7-16(20)3/h6-9,12-14,26H,4-5,10-11H2,1-3H3,(H,24,28)(H,27,29)/b25-14-. The molecule has 2 amide bonds. The van der Waals surface area contributed by atoms with Crippen LogP contribution in [0.4, 0.5) is 11.4 Å². The Bertz CT molecular complexity index is 915. The Kier molecular flexibility index (Phi) is 9.31. The number of anilines is 2. The Labute approximate surface area is 181 Å². The van der Waals surface area contributed by atoms with Crippen molar-refractivity contribution in [3.63, 3.8) is 0 Å². The molecular weight excluding hydrogens is 404 g/mol. The van der Waals surface area contributed by atoms with Crippen LogP contribution in [0.25, 0.3) is 0 Å². The molecule has 0 bridgehead atoms. The van der Waals surface area contributed by atoms with Crippen LogP contribution in [0.15, 0.2) is 41.5 Å². The summed E-state index contributed by atoms with van der Waals surface area (Å²) >= 11 is 6.11. The van der Waals surface area contributed by atoms with Crippen molar-refractivity contribution in [2.24, 2.45) is 5.10 Å². The molecule has 0 atom stereocenters. The molecule has 0 aromatic heterocycles. The van der Waals surface area contributed by atoms with E-state index in [0.29, 0.717) is 36.8 Å². The van der Waals surface area contributed by atoms with E-state index < -0.39 is 11.8 Å². The molecule has 2 rings (SSSR count). The first-order valence-corrected chi connectivity index (χ1v) is 10.1. The van der Waals surface area contributed by atoms with Gasteiger partial charge in [-0.15, -0.1) is 0 Å².